The summed E-state index contributed by atoms with van der Waals surface area (Å²) in [5.41, 5.74) is 0.890. The zero-order chi connectivity index (χ0) is 19.3. The van der Waals surface area contributed by atoms with Crippen LogP contribution in [0, 0.1) is 0 Å². The molecular weight excluding hydrogens is 386 g/mol. The van der Waals surface area contributed by atoms with E-state index < -0.39 is 15.1 Å². The van der Waals surface area contributed by atoms with Crippen molar-refractivity contribution in [3.05, 3.63) is 89.5 Å². The molecule has 0 unspecified atom stereocenters. The van der Waals surface area contributed by atoms with E-state index in [1.165, 1.54) is 42.9 Å². The molecular formula is C19H16ClN3O3S. The fourth-order valence-corrected chi connectivity index (χ4v) is 4.32. The lowest BCUT2D eigenvalue weighted by molar-refractivity contribution is 0.0953. The molecule has 3 rings (SSSR count). The van der Waals surface area contributed by atoms with Crippen molar-refractivity contribution in [3.8, 4) is 0 Å². The summed E-state index contributed by atoms with van der Waals surface area (Å²) in [7, 11) is -3.77. The number of hydrogen-bond donors (Lipinski definition) is 1. The van der Waals surface area contributed by atoms with Gasteiger partial charge in [0, 0.05) is 41.9 Å². The Labute approximate surface area is 162 Å². The highest BCUT2D eigenvalue weighted by Gasteiger charge is 2.30. The normalized spacial score (nSPS) is 12.3. The zero-order valence-corrected chi connectivity index (χ0v) is 15.7. The standard InChI is InChI=1S/C19H16ClN3O3S/c20-16-3-5-17(6-4-16)27(25,26)18(15-2-1-9-22-12-15)13-23-19(24)14-7-10-21-11-8-14/h1-12,18H,13H2,(H,23,24)/t18-/m0/s1. The van der Waals surface area contributed by atoms with Gasteiger partial charge in [-0.1, -0.05) is 17.7 Å². The Hall–Kier alpha value is -2.77. The predicted molar refractivity (Wildman–Crippen MR) is 102 cm³/mol. The Morgan fingerprint density at radius 3 is 2.33 bits per heavy atom. The Balaban J connectivity index is 1.90. The van der Waals surface area contributed by atoms with E-state index >= 15 is 0 Å². The van der Waals surface area contributed by atoms with E-state index in [0.29, 0.717) is 16.1 Å². The van der Waals surface area contributed by atoms with E-state index in [1.54, 1.807) is 30.5 Å². The largest absolute Gasteiger partial charge is 0.350 e. The van der Waals surface area contributed by atoms with Crippen molar-refractivity contribution in [3.63, 3.8) is 0 Å². The van der Waals surface area contributed by atoms with Gasteiger partial charge in [-0.2, -0.15) is 0 Å². The number of pyridine rings is 2. The highest BCUT2D eigenvalue weighted by molar-refractivity contribution is 7.91. The molecule has 2 heterocycles. The minimum Gasteiger partial charge on any atom is -0.350 e. The molecule has 27 heavy (non-hydrogen) atoms. The van der Waals surface area contributed by atoms with Crippen LogP contribution in [0.3, 0.4) is 0 Å². The van der Waals surface area contributed by atoms with Gasteiger partial charge < -0.3 is 5.32 Å². The molecule has 0 saturated heterocycles. The van der Waals surface area contributed by atoms with Gasteiger partial charge in [0.25, 0.3) is 5.91 Å². The first-order chi connectivity index (χ1) is 13.0. The summed E-state index contributed by atoms with van der Waals surface area (Å²) in [5, 5.41) is 2.14. The maximum atomic E-state index is 13.2. The SMILES string of the molecule is O=C(NC[C@@H](c1cccnc1)S(=O)(=O)c1ccc(Cl)cc1)c1ccncc1. The van der Waals surface area contributed by atoms with Crippen LogP contribution >= 0.6 is 11.6 Å². The monoisotopic (exact) mass is 401 g/mol. The van der Waals surface area contributed by atoms with Crippen LogP contribution in [0.5, 0.6) is 0 Å². The number of nitrogens with one attached hydrogen (secondary N) is 1. The van der Waals surface area contributed by atoms with E-state index in [2.05, 4.69) is 15.3 Å². The van der Waals surface area contributed by atoms with Crippen molar-refractivity contribution in [2.75, 3.05) is 6.54 Å². The number of hydrogen-bond acceptors (Lipinski definition) is 5. The first kappa shape index (κ1) is 19.0. The maximum absolute atomic E-state index is 13.2. The van der Waals surface area contributed by atoms with Crippen molar-refractivity contribution >= 4 is 27.3 Å². The van der Waals surface area contributed by atoms with Crippen LogP contribution in [0.1, 0.15) is 21.2 Å². The lowest BCUT2D eigenvalue weighted by atomic mass is 10.2. The minimum absolute atomic E-state index is 0.0994. The minimum atomic E-state index is -3.77. The third kappa shape index (κ3) is 4.50. The molecule has 0 fully saturated rings. The molecule has 3 aromatic rings. The number of sulfone groups is 1. The van der Waals surface area contributed by atoms with E-state index in [0.717, 1.165) is 0 Å². The molecule has 2 aromatic heterocycles. The smallest absolute Gasteiger partial charge is 0.251 e. The van der Waals surface area contributed by atoms with Crippen LogP contribution < -0.4 is 5.32 Å². The summed E-state index contributed by atoms with van der Waals surface area (Å²) in [6.07, 6.45) is 6.04. The highest BCUT2D eigenvalue weighted by atomic mass is 35.5. The number of halogens is 1. The van der Waals surface area contributed by atoms with Crippen LogP contribution in [0.2, 0.25) is 5.02 Å². The second kappa shape index (κ2) is 8.28. The average molecular weight is 402 g/mol. The summed E-state index contributed by atoms with van der Waals surface area (Å²) in [6, 6.07) is 12.4. The molecule has 6 nitrogen and oxygen atoms in total. The Bertz CT molecular complexity index is 1010. The van der Waals surface area contributed by atoms with Gasteiger partial charge in [0.15, 0.2) is 9.84 Å². The average Bonchev–Trinajstić information content (AvgIpc) is 2.69. The van der Waals surface area contributed by atoms with Gasteiger partial charge in [-0.05, 0) is 48.0 Å². The molecule has 0 aliphatic rings. The van der Waals surface area contributed by atoms with Gasteiger partial charge in [-0.15, -0.1) is 0 Å². The summed E-state index contributed by atoms with van der Waals surface area (Å²) in [4.78, 5) is 20.3. The lowest BCUT2D eigenvalue weighted by Crippen LogP contribution is -2.32. The number of rotatable bonds is 6. The number of amides is 1. The Morgan fingerprint density at radius 1 is 1.00 bits per heavy atom. The number of aromatic nitrogens is 2. The number of benzene rings is 1. The zero-order valence-electron chi connectivity index (χ0n) is 14.1. The van der Waals surface area contributed by atoms with Crippen molar-refractivity contribution in [2.24, 2.45) is 0 Å². The van der Waals surface area contributed by atoms with Crippen molar-refractivity contribution < 1.29 is 13.2 Å². The first-order valence-electron chi connectivity index (χ1n) is 8.06. The first-order valence-corrected chi connectivity index (χ1v) is 9.98. The predicted octanol–water partition coefficient (Wildman–Crippen LogP) is 3.08. The molecule has 0 saturated carbocycles. The van der Waals surface area contributed by atoms with E-state index in [4.69, 9.17) is 11.6 Å². The second-order valence-corrected chi connectivity index (χ2v) is 8.29. The van der Waals surface area contributed by atoms with Gasteiger partial charge in [0.1, 0.15) is 5.25 Å². The van der Waals surface area contributed by atoms with Gasteiger partial charge >= 0.3 is 0 Å². The fraction of sp³-hybridized carbons (Fsp3) is 0.105. The molecule has 1 amide bonds. The molecule has 0 aliphatic heterocycles. The van der Waals surface area contributed by atoms with E-state index in [9.17, 15) is 13.2 Å². The lowest BCUT2D eigenvalue weighted by Gasteiger charge is -2.19. The topological polar surface area (TPSA) is 89.0 Å². The van der Waals surface area contributed by atoms with E-state index in [1.807, 2.05) is 0 Å². The van der Waals surface area contributed by atoms with Gasteiger partial charge in [-0.25, -0.2) is 8.42 Å². The molecule has 0 radical (unpaired) electrons. The number of nitrogens with zero attached hydrogens (tertiary/aromatic N) is 2. The molecule has 1 N–H and O–H groups in total. The third-order valence-electron chi connectivity index (χ3n) is 3.96. The van der Waals surface area contributed by atoms with Crippen molar-refractivity contribution in [1.29, 1.82) is 0 Å². The Kier molecular flexibility index (Phi) is 5.83. The molecule has 138 valence electrons. The summed E-state index contributed by atoms with van der Waals surface area (Å²) in [5.74, 6) is -0.377. The van der Waals surface area contributed by atoms with Gasteiger partial charge in [-0.3, -0.25) is 14.8 Å². The molecule has 0 spiro atoms. The van der Waals surface area contributed by atoms with Crippen LogP contribution in [-0.4, -0.2) is 30.8 Å². The second-order valence-electron chi connectivity index (χ2n) is 5.72. The summed E-state index contributed by atoms with van der Waals surface area (Å²) < 4.78 is 26.3. The van der Waals surface area contributed by atoms with Crippen molar-refractivity contribution in [2.45, 2.75) is 10.1 Å². The molecule has 0 aliphatic carbocycles. The maximum Gasteiger partial charge on any atom is 0.251 e. The highest BCUT2D eigenvalue weighted by Crippen LogP contribution is 2.29. The van der Waals surface area contributed by atoms with Gasteiger partial charge in [0.05, 0.1) is 4.90 Å². The molecule has 1 aromatic carbocycles. The molecule has 0 bridgehead atoms. The quantitative estimate of drug-likeness (QED) is 0.685. The molecule has 1 atom stereocenters. The number of carbonyl (C=O) groups excluding carboxylic acids is 1. The summed E-state index contributed by atoms with van der Waals surface area (Å²) >= 11 is 5.86. The fourth-order valence-electron chi connectivity index (χ4n) is 2.55. The van der Waals surface area contributed by atoms with Gasteiger partial charge in [0.2, 0.25) is 0 Å². The van der Waals surface area contributed by atoms with Crippen LogP contribution in [0.4, 0.5) is 0 Å². The van der Waals surface area contributed by atoms with Crippen LogP contribution in [0.25, 0.3) is 0 Å². The van der Waals surface area contributed by atoms with Crippen LogP contribution in [-0.2, 0) is 9.84 Å². The van der Waals surface area contributed by atoms with Crippen molar-refractivity contribution in [1.82, 2.24) is 15.3 Å². The Morgan fingerprint density at radius 2 is 1.70 bits per heavy atom. The van der Waals surface area contributed by atoms with E-state index in [-0.39, 0.29) is 17.3 Å². The summed E-state index contributed by atoms with van der Waals surface area (Å²) in [6.45, 7) is -0.0994. The van der Waals surface area contributed by atoms with Crippen LogP contribution in [0.15, 0.2) is 78.2 Å². The number of carbonyl (C=O) groups is 1. The molecule has 8 heteroatoms. The third-order valence-corrected chi connectivity index (χ3v) is 6.33.